The van der Waals surface area contributed by atoms with Crippen LogP contribution in [-0.4, -0.2) is 39.0 Å². The summed E-state index contributed by atoms with van der Waals surface area (Å²) >= 11 is 0. The summed E-state index contributed by atoms with van der Waals surface area (Å²) in [6.45, 7) is -0.520. The van der Waals surface area contributed by atoms with Gasteiger partial charge in [-0.05, 0) is 36.5 Å². The minimum atomic E-state index is -4.80. The first-order valence-electron chi connectivity index (χ1n) is 9.28. The van der Waals surface area contributed by atoms with E-state index in [2.05, 4.69) is 15.1 Å². The Morgan fingerprint density at radius 3 is 2.57 bits per heavy atom. The van der Waals surface area contributed by atoms with E-state index in [-0.39, 0.29) is 28.6 Å². The molecule has 2 heterocycles. The summed E-state index contributed by atoms with van der Waals surface area (Å²) in [6, 6.07) is 2.18. The van der Waals surface area contributed by atoms with Gasteiger partial charge in [0.05, 0.1) is 18.2 Å². The van der Waals surface area contributed by atoms with Gasteiger partial charge >= 0.3 is 6.18 Å². The number of hydrogen-bond donors (Lipinski definition) is 2. The zero-order chi connectivity index (χ0) is 21.8. The maximum Gasteiger partial charge on any atom is 0.419 e. The highest BCUT2D eigenvalue weighted by molar-refractivity contribution is 5.78. The SMILES string of the molecule is CN(C)c1nc2c(c(CO)nn2[C@@H](c2ccc(C(F)(F)F)c(F)c2)C2CC2)c(=O)[nH]1. The number of hydrogen-bond acceptors (Lipinski definition) is 5. The number of aromatic amines is 1. The highest BCUT2D eigenvalue weighted by Crippen LogP contribution is 2.45. The molecule has 0 unspecified atom stereocenters. The largest absolute Gasteiger partial charge is 0.419 e. The van der Waals surface area contributed by atoms with Crippen LogP contribution in [0.25, 0.3) is 11.0 Å². The Hall–Kier alpha value is -2.95. The first-order valence-corrected chi connectivity index (χ1v) is 9.28. The van der Waals surface area contributed by atoms with Crippen molar-refractivity contribution >= 4 is 17.0 Å². The average Bonchev–Trinajstić information content (AvgIpc) is 3.42. The van der Waals surface area contributed by atoms with Gasteiger partial charge in [0.1, 0.15) is 16.9 Å². The molecule has 2 aromatic heterocycles. The highest BCUT2D eigenvalue weighted by atomic mass is 19.4. The zero-order valence-electron chi connectivity index (χ0n) is 16.2. The summed E-state index contributed by atoms with van der Waals surface area (Å²) in [5.41, 5.74) is -1.25. The van der Waals surface area contributed by atoms with Crippen molar-refractivity contribution in [3.05, 3.63) is 51.2 Å². The maximum absolute atomic E-state index is 14.3. The zero-order valence-corrected chi connectivity index (χ0v) is 16.2. The number of anilines is 1. The number of rotatable bonds is 5. The predicted octanol–water partition coefficient (Wildman–Crippen LogP) is 2.84. The number of H-pyrrole nitrogens is 1. The number of aliphatic hydroxyl groups is 1. The van der Waals surface area contributed by atoms with Crippen molar-refractivity contribution in [2.24, 2.45) is 5.92 Å². The fourth-order valence-corrected chi connectivity index (χ4v) is 3.59. The first kappa shape index (κ1) is 20.3. The molecule has 4 rings (SSSR count). The second kappa shape index (κ2) is 7.08. The van der Waals surface area contributed by atoms with Crippen molar-refractivity contribution in [1.82, 2.24) is 19.7 Å². The van der Waals surface area contributed by atoms with E-state index in [4.69, 9.17) is 0 Å². The summed E-state index contributed by atoms with van der Waals surface area (Å²) in [5.74, 6) is -1.12. The van der Waals surface area contributed by atoms with Gasteiger partial charge in [0.2, 0.25) is 5.95 Å². The predicted molar refractivity (Wildman–Crippen MR) is 101 cm³/mol. The van der Waals surface area contributed by atoms with E-state index in [1.54, 1.807) is 19.0 Å². The number of fused-ring (bicyclic) bond motifs is 1. The van der Waals surface area contributed by atoms with Crippen molar-refractivity contribution in [3.63, 3.8) is 0 Å². The van der Waals surface area contributed by atoms with Gasteiger partial charge in [-0.2, -0.15) is 23.3 Å². The van der Waals surface area contributed by atoms with Gasteiger partial charge in [-0.1, -0.05) is 6.07 Å². The van der Waals surface area contributed by atoms with E-state index < -0.39 is 35.8 Å². The van der Waals surface area contributed by atoms with Crippen molar-refractivity contribution in [3.8, 4) is 0 Å². The lowest BCUT2D eigenvalue weighted by molar-refractivity contribution is -0.140. The van der Waals surface area contributed by atoms with E-state index in [1.165, 1.54) is 10.7 Å². The van der Waals surface area contributed by atoms with E-state index in [0.717, 1.165) is 18.9 Å². The van der Waals surface area contributed by atoms with Crippen molar-refractivity contribution in [1.29, 1.82) is 0 Å². The average molecular weight is 425 g/mol. The number of aliphatic hydroxyl groups excluding tert-OH is 1. The smallest absolute Gasteiger partial charge is 0.390 e. The quantitative estimate of drug-likeness (QED) is 0.614. The molecule has 1 saturated carbocycles. The van der Waals surface area contributed by atoms with Gasteiger partial charge in [-0.3, -0.25) is 9.78 Å². The van der Waals surface area contributed by atoms with Crippen molar-refractivity contribution < 1.29 is 22.7 Å². The third-order valence-electron chi connectivity index (χ3n) is 5.17. The van der Waals surface area contributed by atoms with Crippen LogP contribution in [-0.2, 0) is 12.8 Å². The molecule has 1 fully saturated rings. The summed E-state index contributed by atoms with van der Waals surface area (Å²) in [5, 5.41) is 14.1. The van der Waals surface area contributed by atoms with Crippen LogP contribution in [0.1, 0.15) is 35.7 Å². The number of aromatic nitrogens is 4. The van der Waals surface area contributed by atoms with Crippen LogP contribution in [0.4, 0.5) is 23.5 Å². The Morgan fingerprint density at radius 1 is 1.33 bits per heavy atom. The minimum absolute atomic E-state index is 0.000302. The van der Waals surface area contributed by atoms with E-state index in [0.29, 0.717) is 11.6 Å². The molecule has 2 N–H and O–H groups in total. The summed E-state index contributed by atoms with van der Waals surface area (Å²) in [6.07, 6.45) is -3.25. The molecule has 160 valence electrons. The first-order chi connectivity index (χ1) is 14.1. The molecule has 0 spiro atoms. The third-order valence-corrected chi connectivity index (χ3v) is 5.17. The summed E-state index contributed by atoms with van der Waals surface area (Å²) in [7, 11) is 3.36. The van der Waals surface area contributed by atoms with Gasteiger partial charge in [-0.15, -0.1) is 0 Å². The van der Waals surface area contributed by atoms with Crippen molar-refractivity contribution in [2.75, 3.05) is 19.0 Å². The van der Waals surface area contributed by atoms with Crippen LogP contribution in [0.3, 0.4) is 0 Å². The Morgan fingerprint density at radius 2 is 2.03 bits per heavy atom. The molecular formula is C19H19F4N5O2. The molecule has 11 heteroatoms. The van der Waals surface area contributed by atoms with Gasteiger partial charge in [0.15, 0.2) is 5.65 Å². The van der Waals surface area contributed by atoms with Crippen LogP contribution >= 0.6 is 0 Å². The Labute approximate surface area is 168 Å². The number of halogens is 4. The number of nitrogens with one attached hydrogen (secondary N) is 1. The summed E-state index contributed by atoms with van der Waals surface area (Å²) < 4.78 is 54.6. The number of nitrogens with zero attached hydrogens (tertiary/aromatic N) is 4. The lowest BCUT2D eigenvalue weighted by Gasteiger charge is -2.20. The molecule has 0 amide bonds. The van der Waals surface area contributed by atoms with Gasteiger partial charge in [-0.25, -0.2) is 9.07 Å². The molecule has 7 nitrogen and oxygen atoms in total. The number of alkyl halides is 3. The molecular weight excluding hydrogens is 406 g/mol. The van der Waals surface area contributed by atoms with E-state index in [1.807, 2.05) is 0 Å². The van der Waals surface area contributed by atoms with Gasteiger partial charge < -0.3 is 10.0 Å². The Bertz CT molecular complexity index is 1160. The number of benzene rings is 1. The normalized spacial score (nSPS) is 15.6. The van der Waals surface area contributed by atoms with Gasteiger partial charge in [0.25, 0.3) is 5.56 Å². The standard InChI is InChI=1S/C19H19F4N5O2/c1-27(2)18-24-16-14(17(30)25-18)13(8-29)26-28(16)15(9-3-4-9)10-5-6-11(12(20)7-10)19(21,22)23/h5-7,9,15,29H,3-4,8H2,1-2H3,(H,24,25,30)/t15-/m1/s1. The van der Waals surface area contributed by atoms with Crippen LogP contribution in [0.2, 0.25) is 0 Å². The molecule has 3 aromatic rings. The van der Waals surface area contributed by atoms with Crippen LogP contribution < -0.4 is 10.5 Å². The lowest BCUT2D eigenvalue weighted by Crippen LogP contribution is -2.21. The summed E-state index contributed by atoms with van der Waals surface area (Å²) in [4.78, 5) is 21.2. The molecule has 1 atom stereocenters. The van der Waals surface area contributed by atoms with Gasteiger partial charge in [0, 0.05) is 14.1 Å². The van der Waals surface area contributed by atoms with Crippen LogP contribution in [0.5, 0.6) is 0 Å². The molecule has 1 aliphatic rings. The molecule has 1 aromatic carbocycles. The fraction of sp³-hybridized carbons (Fsp3) is 0.421. The molecule has 0 bridgehead atoms. The monoisotopic (exact) mass is 425 g/mol. The molecule has 0 radical (unpaired) electrons. The van der Waals surface area contributed by atoms with Crippen LogP contribution in [0.15, 0.2) is 23.0 Å². The molecule has 30 heavy (non-hydrogen) atoms. The third kappa shape index (κ3) is 3.42. The second-order valence-corrected chi connectivity index (χ2v) is 7.55. The highest BCUT2D eigenvalue weighted by Gasteiger charge is 2.39. The fourth-order valence-electron chi connectivity index (χ4n) is 3.59. The van der Waals surface area contributed by atoms with E-state index >= 15 is 0 Å². The maximum atomic E-state index is 14.3. The lowest BCUT2D eigenvalue weighted by atomic mass is 10.0. The minimum Gasteiger partial charge on any atom is -0.390 e. The Kier molecular flexibility index (Phi) is 4.80. The Balaban J connectivity index is 1.92. The second-order valence-electron chi connectivity index (χ2n) is 7.55. The van der Waals surface area contributed by atoms with Crippen molar-refractivity contribution in [2.45, 2.75) is 31.7 Å². The molecule has 0 aliphatic heterocycles. The van der Waals surface area contributed by atoms with E-state index in [9.17, 15) is 27.5 Å². The van der Waals surface area contributed by atoms with Crippen LogP contribution in [0, 0.1) is 11.7 Å². The topological polar surface area (TPSA) is 87.0 Å². The molecule has 0 saturated heterocycles. The molecule has 1 aliphatic carbocycles.